The molecule has 24 heavy (non-hydrogen) atoms. The van der Waals surface area contributed by atoms with Gasteiger partial charge in [-0.1, -0.05) is 24.3 Å². The summed E-state index contributed by atoms with van der Waals surface area (Å²) in [6.07, 6.45) is -0.0472. The van der Waals surface area contributed by atoms with Crippen molar-refractivity contribution in [2.24, 2.45) is 0 Å². The lowest BCUT2D eigenvalue weighted by Crippen LogP contribution is -2.23. The van der Waals surface area contributed by atoms with Crippen LogP contribution in [0.5, 0.6) is 11.5 Å². The molecule has 1 unspecified atom stereocenters. The van der Waals surface area contributed by atoms with Crippen molar-refractivity contribution in [1.82, 2.24) is 9.97 Å². The molecule has 0 aliphatic rings. The molecular formula is C19H21N3O2. The molecule has 0 bridgehead atoms. The van der Waals surface area contributed by atoms with Crippen LogP contribution >= 0.6 is 0 Å². The Balaban J connectivity index is 1.68. The summed E-state index contributed by atoms with van der Waals surface area (Å²) in [6, 6.07) is 15.5. The zero-order valence-corrected chi connectivity index (χ0v) is 14.1. The van der Waals surface area contributed by atoms with E-state index in [1.54, 1.807) is 7.11 Å². The number of aromatic nitrogens is 2. The SMILES string of the molecule is COc1ccccc1OC(C)CNc1nc2ccccc2nc1C. The predicted molar refractivity (Wildman–Crippen MR) is 95.8 cm³/mol. The van der Waals surface area contributed by atoms with E-state index in [2.05, 4.69) is 15.3 Å². The van der Waals surface area contributed by atoms with Crippen molar-refractivity contribution in [3.63, 3.8) is 0 Å². The van der Waals surface area contributed by atoms with Crippen LogP contribution in [0, 0.1) is 6.92 Å². The minimum atomic E-state index is -0.0472. The summed E-state index contributed by atoms with van der Waals surface area (Å²) in [4.78, 5) is 9.21. The van der Waals surface area contributed by atoms with Gasteiger partial charge in [-0.3, -0.25) is 0 Å². The van der Waals surface area contributed by atoms with Gasteiger partial charge in [-0.15, -0.1) is 0 Å². The summed E-state index contributed by atoms with van der Waals surface area (Å²) in [7, 11) is 1.64. The largest absolute Gasteiger partial charge is 0.493 e. The van der Waals surface area contributed by atoms with Crippen molar-refractivity contribution in [2.75, 3.05) is 19.0 Å². The van der Waals surface area contributed by atoms with Crippen LogP contribution in [0.2, 0.25) is 0 Å². The number of fused-ring (bicyclic) bond motifs is 1. The minimum Gasteiger partial charge on any atom is -0.493 e. The maximum absolute atomic E-state index is 5.95. The lowest BCUT2D eigenvalue weighted by atomic mass is 10.3. The standard InChI is InChI=1S/C19H21N3O2/c1-13(24-18-11-7-6-10-17(18)23-3)12-20-19-14(2)21-15-8-4-5-9-16(15)22-19/h4-11,13H,12H2,1-3H3,(H,20,22). The van der Waals surface area contributed by atoms with E-state index in [1.807, 2.05) is 62.4 Å². The molecule has 0 fully saturated rings. The van der Waals surface area contributed by atoms with E-state index < -0.39 is 0 Å². The second-order valence-corrected chi connectivity index (χ2v) is 5.61. The number of benzene rings is 2. The summed E-state index contributed by atoms with van der Waals surface area (Å²) in [5.41, 5.74) is 2.65. The Bertz CT molecular complexity index is 836. The third-order valence-electron chi connectivity index (χ3n) is 3.70. The third kappa shape index (κ3) is 3.56. The zero-order valence-electron chi connectivity index (χ0n) is 14.1. The number of hydrogen-bond donors (Lipinski definition) is 1. The maximum atomic E-state index is 5.95. The molecule has 0 saturated heterocycles. The second kappa shape index (κ2) is 7.17. The van der Waals surface area contributed by atoms with E-state index in [9.17, 15) is 0 Å². The quantitative estimate of drug-likeness (QED) is 0.747. The maximum Gasteiger partial charge on any atom is 0.161 e. The molecule has 1 aromatic heterocycles. The van der Waals surface area contributed by atoms with Crippen LogP contribution in [0.15, 0.2) is 48.5 Å². The molecule has 5 heteroatoms. The number of nitrogens with one attached hydrogen (secondary N) is 1. The molecule has 1 heterocycles. The Hall–Kier alpha value is -2.82. The van der Waals surface area contributed by atoms with Crippen molar-refractivity contribution < 1.29 is 9.47 Å². The van der Waals surface area contributed by atoms with Crippen LogP contribution in [-0.2, 0) is 0 Å². The number of hydrogen-bond acceptors (Lipinski definition) is 5. The number of anilines is 1. The van der Waals surface area contributed by atoms with Gasteiger partial charge in [0.1, 0.15) is 11.9 Å². The molecule has 0 spiro atoms. The normalized spacial score (nSPS) is 12.0. The van der Waals surface area contributed by atoms with Crippen LogP contribution in [0.3, 0.4) is 0 Å². The summed E-state index contributed by atoms with van der Waals surface area (Å²) in [5.74, 6) is 2.24. The van der Waals surface area contributed by atoms with Crippen molar-refractivity contribution in [1.29, 1.82) is 0 Å². The van der Waals surface area contributed by atoms with Crippen LogP contribution in [0.25, 0.3) is 11.0 Å². The average molecular weight is 323 g/mol. The Morgan fingerprint density at radius 2 is 1.58 bits per heavy atom. The first-order valence-corrected chi connectivity index (χ1v) is 7.94. The monoisotopic (exact) mass is 323 g/mol. The van der Waals surface area contributed by atoms with Gasteiger partial charge in [-0.2, -0.15) is 0 Å². The summed E-state index contributed by atoms with van der Waals surface area (Å²) in [5, 5.41) is 3.32. The number of nitrogens with zero attached hydrogens (tertiary/aromatic N) is 2. The van der Waals surface area contributed by atoms with E-state index in [-0.39, 0.29) is 6.10 Å². The van der Waals surface area contributed by atoms with Gasteiger partial charge in [0.25, 0.3) is 0 Å². The summed E-state index contributed by atoms with van der Waals surface area (Å²) >= 11 is 0. The molecule has 5 nitrogen and oxygen atoms in total. The molecule has 0 saturated carbocycles. The number of methoxy groups -OCH3 is 1. The van der Waals surface area contributed by atoms with Gasteiger partial charge in [-0.05, 0) is 38.1 Å². The Labute approximate surface area is 141 Å². The minimum absolute atomic E-state index is 0.0472. The highest BCUT2D eigenvalue weighted by molar-refractivity contribution is 5.76. The average Bonchev–Trinajstić information content (AvgIpc) is 2.60. The van der Waals surface area contributed by atoms with Crippen molar-refractivity contribution in [3.8, 4) is 11.5 Å². The van der Waals surface area contributed by atoms with Gasteiger partial charge in [0.05, 0.1) is 30.4 Å². The molecule has 1 atom stereocenters. The molecule has 124 valence electrons. The molecule has 0 aliphatic carbocycles. The second-order valence-electron chi connectivity index (χ2n) is 5.61. The number of ether oxygens (including phenoxy) is 2. The van der Waals surface area contributed by atoms with E-state index in [0.29, 0.717) is 6.54 Å². The highest BCUT2D eigenvalue weighted by atomic mass is 16.5. The highest BCUT2D eigenvalue weighted by Gasteiger charge is 2.10. The smallest absolute Gasteiger partial charge is 0.161 e. The molecule has 2 aromatic carbocycles. The van der Waals surface area contributed by atoms with Gasteiger partial charge in [-0.25, -0.2) is 9.97 Å². The van der Waals surface area contributed by atoms with E-state index in [4.69, 9.17) is 9.47 Å². The lowest BCUT2D eigenvalue weighted by Gasteiger charge is -2.18. The topological polar surface area (TPSA) is 56.3 Å². The van der Waals surface area contributed by atoms with E-state index in [1.165, 1.54) is 0 Å². The number of aryl methyl sites for hydroxylation is 1. The first kappa shape index (κ1) is 16.1. The fourth-order valence-corrected chi connectivity index (χ4v) is 2.47. The van der Waals surface area contributed by atoms with Gasteiger partial charge in [0, 0.05) is 0 Å². The Morgan fingerprint density at radius 3 is 2.29 bits per heavy atom. The highest BCUT2D eigenvalue weighted by Crippen LogP contribution is 2.26. The Morgan fingerprint density at radius 1 is 0.958 bits per heavy atom. The van der Waals surface area contributed by atoms with Crippen LogP contribution in [0.1, 0.15) is 12.6 Å². The third-order valence-corrected chi connectivity index (χ3v) is 3.70. The van der Waals surface area contributed by atoms with Gasteiger partial charge < -0.3 is 14.8 Å². The molecule has 0 amide bonds. The molecule has 3 rings (SSSR count). The molecule has 0 aliphatic heterocycles. The van der Waals surface area contributed by atoms with Crippen LogP contribution in [0.4, 0.5) is 5.82 Å². The summed E-state index contributed by atoms with van der Waals surface area (Å²) < 4.78 is 11.3. The van der Waals surface area contributed by atoms with Crippen molar-refractivity contribution >= 4 is 16.9 Å². The van der Waals surface area contributed by atoms with Crippen molar-refractivity contribution in [3.05, 3.63) is 54.2 Å². The zero-order chi connectivity index (χ0) is 16.9. The Kier molecular flexibility index (Phi) is 4.79. The number of rotatable bonds is 6. The predicted octanol–water partition coefficient (Wildman–Crippen LogP) is 3.83. The van der Waals surface area contributed by atoms with E-state index in [0.717, 1.165) is 34.0 Å². The van der Waals surface area contributed by atoms with Crippen LogP contribution < -0.4 is 14.8 Å². The van der Waals surface area contributed by atoms with Gasteiger partial charge >= 0.3 is 0 Å². The lowest BCUT2D eigenvalue weighted by molar-refractivity contribution is 0.223. The van der Waals surface area contributed by atoms with Crippen molar-refractivity contribution in [2.45, 2.75) is 20.0 Å². The first-order chi connectivity index (χ1) is 11.7. The molecule has 0 radical (unpaired) electrons. The van der Waals surface area contributed by atoms with Crippen LogP contribution in [-0.4, -0.2) is 29.7 Å². The number of para-hydroxylation sites is 4. The van der Waals surface area contributed by atoms with Gasteiger partial charge in [0.15, 0.2) is 11.5 Å². The molecule has 1 N–H and O–H groups in total. The first-order valence-electron chi connectivity index (χ1n) is 7.94. The summed E-state index contributed by atoms with van der Waals surface area (Å²) in [6.45, 7) is 4.57. The molecule has 3 aromatic rings. The molecular weight excluding hydrogens is 302 g/mol. The fourth-order valence-electron chi connectivity index (χ4n) is 2.47. The fraction of sp³-hybridized carbons (Fsp3) is 0.263. The van der Waals surface area contributed by atoms with Gasteiger partial charge in [0.2, 0.25) is 0 Å². The van der Waals surface area contributed by atoms with E-state index >= 15 is 0 Å².